The summed E-state index contributed by atoms with van der Waals surface area (Å²) in [7, 11) is 1.57. The molecule has 0 saturated carbocycles. The van der Waals surface area contributed by atoms with Gasteiger partial charge < -0.3 is 10.1 Å². The van der Waals surface area contributed by atoms with Gasteiger partial charge in [0.15, 0.2) is 5.16 Å². The molecule has 2 heterocycles. The Bertz CT molecular complexity index is 1330. The number of fused-ring (bicyclic) bond motifs is 1. The summed E-state index contributed by atoms with van der Waals surface area (Å²) in [5, 5.41) is 5.22. The molecule has 1 amide bonds. The van der Waals surface area contributed by atoms with E-state index < -0.39 is 0 Å². The third-order valence-corrected chi connectivity index (χ3v) is 6.50. The van der Waals surface area contributed by atoms with Gasteiger partial charge in [0.05, 0.1) is 29.8 Å². The van der Waals surface area contributed by atoms with Crippen LogP contribution < -0.4 is 15.6 Å². The van der Waals surface area contributed by atoms with Crippen molar-refractivity contribution in [3.8, 4) is 11.4 Å². The maximum absolute atomic E-state index is 13.2. The van der Waals surface area contributed by atoms with Gasteiger partial charge in [-0.1, -0.05) is 30.0 Å². The summed E-state index contributed by atoms with van der Waals surface area (Å²) < 4.78 is 7.51. The minimum atomic E-state index is -0.204. The molecule has 0 unspecified atom stereocenters. The highest BCUT2D eigenvalue weighted by Crippen LogP contribution is 2.27. The number of thioether (sulfide) groups is 1. The Kier molecular flexibility index (Phi) is 6.11. The molecule has 6 nitrogen and oxygen atoms in total. The monoisotopic (exact) mass is 451 g/mol. The largest absolute Gasteiger partial charge is 0.495 e. The molecule has 8 heteroatoms. The fourth-order valence-electron chi connectivity index (χ4n) is 3.22. The first kappa shape index (κ1) is 21.1. The zero-order valence-corrected chi connectivity index (χ0v) is 19.0. The number of carbonyl (C=O) groups excluding carboxylic acids is 1. The van der Waals surface area contributed by atoms with E-state index in [2.05, 4.69) is 10.3 Å². The molecule has 2 aromatic carbocycles. The average molecular weight is 452 g/mol. The molecule has 0 aliphatic rings. The van der Waals surface area contributed by atoms with Gasteiger partial charge in [0.25, 0.3) is 5.56 Å². The average Bonchev–Trinajstić information content (AvgIpc) is 3.21. The van der Waals surface area contributed by atoms with Crippen LogP contribution in [0.25, 0.3) is 15.9 Å². The quantitative estimate of drug-likeness (QED) is 0.337. The fourth-order valence-corrected chi connectivity index (χ4v) is 4.79. The normalized spacial score (nSPS) is 10.9. The highest BCUT2D eigenvalue weighted by atomic mass is 32.2. The van der Waals surface area contributed by atoms with E-state index in [1.54, 1.807) is 11.7 Å². The Morgan fingerprint density at radius 2 is 1.97 bits per heavy atom. The van der Waals surface area contributed by atoms with Crippen molar-refractivity contribution in [2.75, 3.05) is 18.2 Å². The molecule has 4 aromatic rings. The van der Waals surface area contributed by atoms with Gasteiger partial charge in [-0.05, 0) is 60.7 Å². The van der Waals surface area contributed by atoms with Gasteiger partial charge in [0.1, 0.15) is 10.4 Å². The van der Waals surface area contributed by atoms with Crippen molar-refractivity contribution in [2.24, 2.45) is 0 Å². The number of rotatable bonds is 6. The number of amides is 1. The second-order valence-corrected chi connectivity index (χ2v) is 8.91. The molecule has 1 N–H and O–H groups in total. The molecule has 158 valence electrons. The van der Waals surface area contributed by atoms with E-state index in [-0.39, 0.29) is 17.2 Å². The topological polar surface area (TPSA) is 73.2 Å². The van der Waals surface area contributed by atoms with Gasteiger partial charge in [-0.25, -0.2) is 4.98 Å². The number of methoxy groups -OCH3 is 1. The third kappa shape index (κ3) is 4.50. The number of aromatic nitrogens is 2. The van der Waals surface area contributed by atoms with Crippen LogP contribution in [0, 0.1) is 13.8 Å². The predicted octanol–water partition coefficient (Wildman–Crippen LogP) is 4.80. The van der Waals surface area contributed by atoms with E-state index in [4.69, 9.17) is 4.74 Å². The number of hydrogen-bond donors (Lipinski definition) is 1. The minimum Gasteiger partial charge on any atom is -0.495 e. The summed E-state index contributed by atoms with van der Waals surface area (Å²) in [6.07, 6.45) is 0. The van der Waals surface area contributed by atoms with Crippen LogP contribution in [0.5, 0.6) is 5.75 Å². The summed E-state index contributed by atoms with van der Waals surface area (Å²) >= 11 is 2.60. The summed E-state index contributed by atoms with van der Waals surface area (Å²) in [6.45, 7) is 3.92. The zero-order valence-electron chi connectivity index (χ0n) is 17.3. The van der Waals surface area contributed by atoms with Crippen LogP contribution in [0.3, 0.4) is 0 Å². The Balaban J connectivity index is 1.64. The Morgan fingerprint density at radius 3 is 2.74 bits per heavy atom. The van der Waals surface area contributed by atoms with Crippen molar-refractivity contribution in [1.29, 1.82) is 0 Å². The van der Waals surface area contributed by atoms with Crippen molar-refractivity contribution >= 4 is 44.9 Å². The van der Waals surface area contributed by atoms with Crippen molar-refractivity contribution in [2.45, 2.75) is 19.0 Å². The molecule has 2 aromatic heterocycles. The van der Waals surface area contributed by atoms with Gasteiger partial charge in [-0.15, -0.1) is 11.3 Å². The molecule has 0 fully saturated rings. The summed E-state index contributed by atoms with van der Waals surface area (Å²) in [5.41, 5.74) is 3.91. The third-order valence-electron chi connectivity index (χ3n) is 4.67. The number of carbonyl (C=O) groups is 1. The minimum absolute atomic E-state index is 0.102. The van der Waals surface area contributed by atoms with Crippen molar-refractivity contribution in [3.05, 3.63) is 75.4 Å². The van der Waals surface area contributed by atoms with Crippen LogP contribution >= 0.6 is 23.1 Å². The standard InChI is InChI=1S/C23H21N3O3S2/c1-14-5-4-6-16(11-14)26-22(28)21-17(9-10-30-21)25-23(26)31-13-20(27)24-18-12-15(2)7-8-19(18)29-3/h4-12H,13H2,1-3H3,(H,24,27). The smallest absolute Gasteiger partial charge is 0.276 e. The van der Waals surface area contributed by atoms with Crippen molar-refractivity contribution in [1.82, 2.24) is 9.55 Å². The Hall–Kier alpha value is -3.10. The van der Waals surface area contributed by atoms with E-state index in [0.717, 1.165) is 16.8 Å². The van der Waals surface area contributed by atoms with Crippen molar-refractivity contribution in [3.63, 3.8) is 0 Å². The van der Waals surface area contributed by atoms with Crippen LogP contribution in [0.4, 0.5) is 5.69 Å². The number of nitrogens with one attached hydrogen (secondary N) is 1. The van der Waals surface area contributed by atoms with Gasteiger partial charge >= 0.3 is 0 Å². The Morgan fingerprint density at radius 1 is 1.16 bits per heavy atom. The first-order valence-corrected chi connectivity index (χ1v) is 11.5. The molecule has 0 bridgehead atoms. The number of nitrogens with zero attached hydrogens (tertiary/aromatic N) is 2. The zero-order chi connectivity index (χ0) is 22.0. The number of benzene rings is 2. The molecule has 0 atom stereocenters. The fraction of sp³-hybridized carbons (Fsp3) is 0.174. The lowest BCUT2D eigenvalue weighted by atomic mass is 10.2. The van der Waals surface area contributed by atoms with Crippen molar-refractivity contribution < 1.29 is 9.53 Å². The summed E-state index contributed by atoms with van der Waals surface area (Å²) in [6, 6.07) is 15.1. The maximum Gasteiger partial charge on any atom is 0.276 e. The van der Waals surface area contributed by atoms with E-state index in [1.807, 2.05) is 67.8 Å². The highest BCUT2D eigenvalue weighted by molar-refractivity contribution is 7.99. The lowest BCUT2D eigenvalue weighted by molar-refractivity contribution is -0.113. The van der Waals surface area contributed by atoms with Crippen LogP contribution in [0.2, 0.25) is 0 Å². The van der Waals surface area contributed by atoms with Crippen LogP contribution in [-0.2, 0) is 4.79 Å². The number of aryl methyl sites for hydroxylation is 2. The molecule has 31 heavy (non-hydrogen) atoms. The molecule has 0 radical (unpaired) electrons. The molecule has 4 rings (SSSR count). The van der Waals surface area contributed by atoms with Gasteiger partial charge in [0, 0.05) is 0 Å². The van der Waals surface area contributed by atoms with Gasteiger partial charge in [-0.2, -0.15) is 0 Å². The summed E-state index contributed by atoms with van der Waals surface area (Å²) in [5.74, 6) is 0.494. The molecular weight excluding hydrogens is 430 g/mol. The molecular formula is C23H21N3O3S2. The first-order valence-electron chi connectivity index (χ1n) is 9.61. The molecule has 0 aliphatic carbocycles. The number of hydrogen-bond acceptors (Lipinski definition) is 6. The van der Waals surface area contributed by atoms with E-state index >= 15 is 0 Å². The Labute approximate surface area is 187 Å². The second-order valence-electron chi connectivity index (χ2n) is 7.05. The van der Waals surface area contributed by atoms with E-state index in [0.29, 0.717) is 26.8 Å². The molecule has 0 saturated heterocycles. The SMILES string of the molecule is COc1ccc(C)cc1NC(=O)CSc1nc2ccsc2c(=O)n1-c1cccc(C)c1. The van der Waals surface area contributed by atoms with Gasteiger partial charge in [-0.3, -0.25) is 14.2 Å². The summed E-state index contributed by atoms with van der Waals surface area (Å²) in [4.78, 5) is 30.5. The highest BCUT2D eigenvalue weighted by Gasteiger charge is 2.16. The first-order chi connectivity index (χ1) is 15.0. The van der Waals surface area contributed by atoms with E-state index in [1.165, 1.54) is 23.1 Å². The van der Waals surface area contributed by atoms with E-state index in [9.17, 15) is 9.59 Å². The number of anilines is 1. The predicted molar refractivity (Wildman–Crippen MR) is 127 cm³/mol. The lowest BCUT2D eigenvalue weighted by Gasteiger charge is -2.13. The second kappa shape index (κ2) is 8.95. The lowest BCUT2D eigenvalue weighted by Crippen LogP contribution is -2.22. The maximum atomic E-state index is 13.2. The van der Waals surface area contributed by atoms with Crippen LogP contribution in [0.15, 0.2) is 63.9 Å². The molecule has 0 aliphatic heterocycles. The van der Waals surface area contributed by atoms with Crippen LogP contribution in [-0.4, -0.2) is 28.3 Å². The molecule has 0 spiro atoms. The van der Waals surface area contributed by atoms with Crippen LogP contribution in [0.1, 0.15) is 11.1 Å². The van der Waals surface area contributed by atoms with Gasteiger partial charge in [0.2, 0.25) is 5.91 Å². The number of ether oxygens (including phenoxy) is 1. The number of thiophene rings is 1.